The molecular weight excluding hydrogens is 248 g/mol. The third kappa shape index (κ3) is 4.00. The van der Waals surface area contributed by atoms with Gasteiger partial charge in [-0.15, -0.1) is 0 Å². The molecule has 1 rings (SSSR count). The van der Waals surface area contributed by atoms with E-state index >= 15 is 0 Å². The lowest BCUT2D eigenvalue weighted by Gasteiger charge is -2.18. The molecule has 18 heavy (non-hydrogen) atoms. The van der Waals surface area contributed by atoms with Crippen molar-refractivity contribution in [3.8, 4) is 5.75 Å². The van der Waals surface area contributed by atoms with Crippen molar-refractivity contribution in [3.63, 3.8) is 0 Å². The highest BCUT2D eigenvalue weighted by Gasteiger charge is 2.10. The molecule has 0 saturated carbocycles. The predicted molar refractivity (Wildman–Crippen MR) is 75.8 cm³/mol. The van der Waals surface area contributed by atoms with Crippen LogP contribution in [0.5, 0.6) is 5.75 Å². The lowest BCUT2D eigenvalue weighted by atomic mass is 10.2. The number of ether oxygens (including phenoxy) is 1. The molecule has 0 heterocycles. The second kappa shape index (κ2) is 6.96. The Morgan fingerprint density at radius 2 is 2.06 bits per heavy atom. The van der Waals surface area contributed by atoms with E-state index in [0.29, 0.717) is 23.8 Å². The Bertz CT molecular complexity index is 431. The minimum absolute atomic E-state index is 0.0271. The number of nitrogens with zero attached hydrogens (tertiary/aromatic N) is 1. The van der Waals surface area contributed by atoms with Crippen molar-refractivity contribution in [1.82, 2.24) is 4.90 Å². The summed E-state index contributed by atoms with van der Waals surface area (Å²) in [7, 11) is 0. The molecule has 0 aromatic heterocycles. The molecule has 0 saturated heterocycles. The minimum Gasteiger partial charge on any atom is -0.484 e. The normalized spacial score (nSPS) is 9.89. The van der Waals surface area contributed by atoms with Crippen molar-refractivity contribution in [2.45, 2.75) is 13.8 Å². The second-order valence-corrected chi connectivity index (χ2v) is 4.19. The van der Waals surface area contributed by atoms with Crippen LogP contribution in [0, 0.1) is 0 Å². The molecule has 4 nitrogen and oxygen atoms in total. The van der Waals surface area contributed by atoms with Gasteiger partial charge in [-0.1, -0.05) is 24.4 Å². The molecule has 98 valence electrons. The van der Waals surface area contributed by atoms with E-state index in [2.05, 4.69) is 0 Å². The molecule has 0 atom stereocenters. The Balaban J connectivity index is 2.61. The van der Waals surface area contributed by atoms with E-state index in [0.717, 1.165) is 5.56 Å². The van der Waals surface area contributed by atoms with E-state index in [4.69, 9.17) is 22.7 Å². The maximum Gasteiger partial charge on any atom is 0.260 e. The van der Waals surface area contributed by atoms with Crippen molar-refractivity contribution in [2.24, 2.45) is 5.73 Å². The fourth-order valence-electron chi connectivity index (χ4n) is 1.55. The topological polar surface area (TPSA) is 55.6 Å². The number of benzene rings is 1. The molecule has 0 fully saturated rings. The third-order valence-electron chi connectivity index (χ3n) is 2.60. The summed E-state index contributed by atoms with van der Waals surface area (Å²) in [6.07, 6.45) is 0. The molecule has 1 aromatic rings. The van der Waals surface area contributed by atoms with Crippen molar-refractivity contribution in [1.29, 1.82) is 0 Å². The number of thiocarbonyl (C=S) groups is 1. The first-order valence-electron chi connectivity index (χ1n) is 5.88. The molecule has 0 unspecified atom stereocenters. The van der Waals surface area contributed by atoms with Crippen LogP contribution in [0.2, 0.25) is 0 Å². The van der Waals surface area contributed by atoms with Crippen molar-refractivity contribution in [3.05, 3.63) is 29.8 Å². The summed E-state index contributed by atoms with van der Waals surface area (Å²) in [4.78, 5) is 13.8. The van der Waals surface area contributed by atoms with Crippen molar-refractivity contribution >= 4 is 23.1 Å². The summed E-state index contributed by atoms with van der Waals surface area (Å²) in [5, 5.41) is 0. The molecule has 2 N–H and O–H groups in total. The molecular formula is C13H18N2O2S. The maximum absolute atomic E-state index is 11.7. The molecule has 1 aromatic carbocycles. The van der Waals surface area contributed by atoms with Crippen molar-refractivity contribution in [2.75, 3.05) is 19.7 Å². The number of nitrogens with two attached hydrogens (primary N) is 1. The molecule has 0 aliphatic heterocycles. The van der Waals surface area contributed by atoms with Gasteiger partial charge in [0.25, 0.3) is 5.91 Å². The Kier molecular flexibility index (Phi) is 5.58. The number of amides is 1. The average molecular weight is 266 g/mol. The van der Waals surface area contributed by atoms with Crippen LogP contribution in [-0.4, -0.2) is 35.5 Å². The molecule has 0 radical (unpaired) electrons. The third-order valence-corrected chi connectivity index (χ3v) is 2.83. The Morgan fingerprint density at radius 3 is 2.61 bits per heavy atom. The molecule has 5 heteroatoms. The monoisotopic (exact) mass is 266 g/mol. The number of rotatable bonds is 6. The zero-order chi connectivity index (χ0) is 13.5. The first kappa shape index (κ1) is 14.4. The summed E-state index contributed by atoms with van der Waals surface area (Å²) >= 11 is 4.88. The van der Waals surface area contributed by atoms with Gasteiger partial charge in [-0.25, -0.2) is 0 Å². The van der Waals surface area contributed by atoms with Gasteiger partial charge in [-0.2, -0.15) is 0 Å². The van der Waals surface area contributed by atoms with Gasteiger partial charge in [-0.3, -0.25) is 4.79 Å². The fraction of sp³-hybridized carbons (Fsp3) is 0.385. The van der Waals surface area contributed by atoms with Crippen LogP contribution in [0.1, 0.15) is 19.4 Å². The minimum atomic E-state index is -0.0271. The van der Waals surface area contributed by atoms with Gasteiger partial charge in [0.1, 0.15) is 10.7 Å². The van der Waals surface area contributed by atoms with E-state index in [9.17, 15) is 4.79 Å². The van der Waals surface area contributed by atoms with Gasteiger partial charge < -0.3 is 15.4 Å². The van der Waals surface area contributed by atoms with E-state index in [1.165, 1.54) is 0 Å². The van der Waals surface area contributed by atoms with Crippen LogP contribution in [-0.2, 0) is 4.79 Å². The molecule has 0 aliphatic rings. The highest BCUT2D eigenvalue weighted by molar-refractivity contribution is 7.80. The van der Waals surface area contributed by atoms with E-state index in [1.54, 1.807) is 29.2 Å². The number of likely N-dealkylation sites (N-methyl/N-ethyl adjacent to an activating group) is 1. The highest BCUT2D eigenvalue weighted by Crippen LogP contribution is 2.13. The highest BCUT2D eigenvalue weighted by atomic mass is 32.1. The molecule has 0 aliphatic carbocycles. The van der Waals surface area contributed by atoms with Gasteiger partial charge in [0.05, 0.1) is 0 Å². The smallest absolute Gasteiger partial charge is 0.260 e. The summed E-state index contributed by atoms with van der Waals surface area (Å²) < 4.78 is 5.44. The van der Waals surface area contributed by atoms with Gasteiger partial charge in [0.15, 0.2) is 6.61 Å². The van der Waals surface area contributed by atoms with E-state index in [1.807, 2.05) is 13.8 Å². The van der Waals surface area contributed by atoms with E-state index < -0.39 is 0 Å². The van der Waals surface area contributed by atoms with Crippen LogP contribution >= 0.6 is 12.2 Å². The summed E-state index contributed by atoms with van der Waals surface area (Å²) in [5.41, 5.74) is 6.26. The number of carbonyl (C=O) groups excluding carboxylic acids is 1. The van der Waals surface area contributed by atoms with Crippen molar-refractivity contribution < 1.29 is 9.53 Å². The lowest BCUT2D eigenvalue weighted by Crippen LogP contribution is -2.34. The zero-order valence-corrected chi connectivity index (χ0v) is 11.5. The standard InChI is InChI=1S/C13H18N2O2S/c1-3-15(4-2)12(16)9-17-11-7-5-6-10(8-11)13(14)18/h5-8H,3-4,9H2,1-2H3,(H2,14,18). The van der Waals surface area contributed by atoms with Crippen LogP contribution in [0.15, 0.2) is 24.3 Å². The predicted octanol–water partition coefficient (Wildman–Crippen LogP) is 1.57. The SMILES string of the molecule is CCN(CC)C(=O)COc1cccc(C(N)=S)c1. The van der Waals surface area contributed by atoms with Crippen LogP contribution < -0.4 is 10.5 Å². The lowest BCUT2D eigenvalue weighted by molar-refractivity contribution is -0.132. The number of carbonyl (C=O) groups is 1. The van der Waals surface area contributed by atoms with E-state index in [-0.39, 0.29) is 12.5 Å². The fourth-order valence-corrected chi connectivity index (χ4v) is 1.68. The molecule has 1 amide bonds. The van der Waals surface area contributed by atoms with Gasteiger partial charge in [0.2, 0.25) is 0 Å². The zero-order valence-electron chi connectivity index (χ0n) is 10.7. The second-order valence-electron chi connectivity index (χ2n) is 3.75. The average Bonchev–Trinajstić information content (AvgIpc) is 2.38. The first-order chi connectivity index (χ1) is 8.58. The molecule has 0 bridgehead atoms. The quantitative estimate of drug-likeness (QED) is 0.794. The summed E-state index contributed by atoms with van der Waals surface area (Å²) in [6.45, 7) is 5.28. The van der Waals surface area contributed by atoms with Crippen LogP contribution in [0.25, 0.3) is 0 Å². The largest absolute Gasteiger partial charge is 0.484 e. The van der Waals surface area contributed by atoms with Crippen LogP contribution in [0.3, 0.4) is 0 Å². The molecule has 0 spiro atoms. The summed E-state index contributed by atoms with van der Waals surface area (Å²) in [5.74, 6) is 0.571. The number of hydrogen-bond donors (Lipinski definition) is 1. The Morgan fingerprint density at radius 1 is 1.39 bits per heavy atom. The van der Waals surface area contributed by atoms with Gasteiger partial charge in [0, 0.05) is 18.7 Å². The Hall–Kier alpha value is -1.62. The van der Waals surface area contributed by atoms with Gasteiger partial charge >= 0.3 is 0 Å². The van der Waals surface area contributed by atoms with Crippen LogP contribution in [0.4, 0.5) is 0 Å². The Labute approximate surface area is 113 Å². The maximum atomic E-state index is 11.7. The first-order valence-corrected chi connectivity index (χ1v) is 6.29. The summed E-state index contributed by atoms with van der Waals surface area (Å²) in [6, 6.07) is 7.11. The number of hydrogen-bond acceptors (Lipinski definition) is 3. The van der Waals surface area contributed by atoms with Gasteiger partial charge in [-0.05, 0) is 26.0 Å².